The maximum atomic E-state index is 12.8. The van der Waals surface area contributed by atoms with Gasteiger partial charge < -0.3 is 14.2 Å². The third-order valence-corrected chi connectivity index (χ3v) is 4.39. The van der Waals surface area contributed by atoms with Gasteiger partial charge in [-0.25, -0.2) is 4.79 Å². The molecule has 0 aliphatic carbocycles. The molecule has 0 N–H and O–H groups in total. The van der Waals surface area contributed by atoms with Crippen LogP contribution >= 0.6 is 0 Å². The Bertz CT molecular complexity index is 1040. The fourth-order valence-electron chi connectivity index (χ4n) is 2.98. The molecule has 0 saturated heterocycles. The van der Waals surface area contributed by atoms with Crippen LogP contribution in [0.15, 0.2) is 48.5 Å². The van der Waals surface area contributed by atoms with Crippen molar-refractivity contribution in [3.63, 3.8) is 0 Å². The number of carbonyl (C=O) groups is 2. The van der Waals surface area contributed by atoms with Crippen LogP contribution in [-0.2, 0) is 4.74 Å². The number of pyridine rings is 1. The minimum Gasteiger partial charge on any atom is -0.497 e. The molecule has 0 unspecified atom stereocenters. The quantitative estimate of drug-likeness (QED) is 0.476. The number of aromatic nitrogens is 1. The Morgan fingerprint density at radius 3 is 2.43 bits per heavy atom. The van der Waals surface area contributed by atoms with Crippen molar-refractivity contribution in [2.75, 3.05) is 14.2 Å². The van der Waals surface area contributed by atoms with E-state index >= 15 is 0 Å². The fourth-order valence-corrected chi connectivity index (χ4v) is 2.98. The standard InChI is InChI=1S/C22H21NO5/c1-13-11-18(16-7-5-6-8-19(16)23-13)22(25)28-14(2)21(24)17-10-9-15(26-3)12-20(17)27-4/h5-12,14H,1-4H3/t14-/m1/s1. The Labute approximate surface area is 163 Å². The van der Waals surface area contributed by atoms with E-state index in [-0.39, 0.29) is 5.78 Å². The number of nitrogens with zero attached hydrogens (tertiary/aromatic N) is 1. The maximum absolute atomic E-state index is 12.8. The van der Waals surface area contributed by atoms with Gasteiger partial charge in [0.15, 0.2) is 6.10 Å². The van der Waals surface area contributed by atoms with E-state index in [1.54, 1.807) is 44.2 Å². The highest BCUT2D eigenvalue weighted by Crippen LogP contribution is 2.27. The number of Topliss-reactive ketones (excluding diaryl/α,β-unsaturated/α-hetero) is 1. The minimum atomic E-state index is -0.984. The van der Waals surface area contributed by atoms with Gasteiger partial charge in [-0.2, -0.15) is 0 Å². The summed E-state index contributed by atoms with van der Waals surface area (Å²) in [6.45, 7) is 3.35. The molecule has 28 heavy (non-hydrogen) atoms. The highest BCUT2D eigenvalue weighted by atomic mass is 16.5. The summed E-state index contributed by atoms with van der Waals surface area (Å²) >= 11 is 0. The van der Waals surface area contributed by atoms with Gasteiger partial charge in [0.05, 0.1) is 30.9 Å². The third-order valence-electron chi connectivity index (χ3n) is 4.39. The van der Waals surface area contributed by atoms with Gasteiger partial charge in [0.1, 0.15) is 11.5 Å². The number of fused-ring (bicyclic) bond motifs is 1. The van der Waals surface area contributed by atoms with E-state index in [1.807, 2.05) is 18.2 Å². The average Bonchev–Trinajstić information content (AvgIpc) is 2.71. The van der Waals surface area contributed by atoms with Gasteiger partial charge in [-0.15, -0.1) is 0 Å². The van der Waals surface area contributed by atoms with Crippen molar-refractivity contribution in [3.05, 3.63) is 65.4 Å². The number of aryl methyl sites for hydroxylation is 1. The number of carbonyl (C=O) groups excluding carboxylic acids is 2. The number of para-hydroxylation sites is 1. The van der Waals surface area contributed by atoms with Crippen molar-refractivity contribution in [1.29, 1.82) is 0 Å². The molecule has 6 nitrogen and oxygen atoms in total. The van der Waals surface area contributed by atoms with Crippen LogP contribution in [0.1, 0.15) is 33.3 Å². The van der Waals surface area contributed by atoms with Crippen LogP contribution in [0.25, 0.3) is 10.9 Å². The molecule has 0 radical (unpaired) electrons. The van der Waals surface area contributed by atoms with Crippen LogP contribution in [0.4, 0.5) is 0 Å². The Balaban J connectivity index is 1.86. The zero-order chi connectivity index (χ0) is 20.3. The van der Waals surface area contributed by atoms with Gasteiger partial charge in [-0.05, 0) is 38.1 Å². The van der Waals surface area contributed by atoms with E-state index in [2.05, 4.69) is 4.98 Å². The lowest BCUT2D eigenvalue weighted by atomic mass is 10.0. The second kappa shape index (κ2) is 8.08. The summed E-state index contributed by atoms with van der Waals surface area (Å²) in [6.07, 6.45) is -0.984. The van der Waals surface area contributed by atoms with Crippen molar-refractivity contribution in [2.45, 2.75) is 20.0 Å². The Kier molecular flexibility index (Phi) is 5.59. The average molecular weight is 379 g/mol. The minimum absolute atomic E-state index is 0.319. The van der Waals surface area contributed by atoms with Crippen molar-refractivity contribution >= 4 is 22.7 Å². The smallest absolute Gasteiger partial charge is 0.339 e. The van der Waals surface area contributed by atoms with Crippen LogP contribution in [0.2, 0.25) is 0 Å². The highest BCUT2D eigenvalue weighted by molar-refractivity contribution is 6.06. The molecule has 0 spiro atoms. The lowest BCUT2D eigenvalue weighted by molar-refractivity contribution is 0.0319. The van der Waals surface area contributed by atoms with Gasteiger partial charge in [0, 0.05) is 17.1 Å². The molecule has 2 aromatic carbocycles. The second-order valence-electron chi connectivity index (χ2n) is 6.31. The van der Waals surface area contributed by atoms with Crippen LogP contribution in [-0.4, -0.2) is 37.1 Å². The highest BCUT2D eigenvalue weighted by Gasteiger charge is 2.24. The number of ketones is 1. The summed E-state index contributed by atoms with van der Waals surface area (Å²) in [4.78, 5) is 30.0. The zero-order valence-electron chi connectivity index (χ0n) is 16.2. The summed E-state index contributed by atoms with van der Waals surface area (Å²) in [5.41, 5.74) is 2.09. The van der Waals surface area contributed by atoms with E-state index in [0.29, 0.717) is 39.2 Å². The van der Waals surface area contributed by atoms with Gasteiger partial charge in [-0.3, -0.25) is 9.78 Å². The summed E-state index contributed by atoms with van der Waals surface area (Å²) in [7, 11) is 3.00. The van der Waals surface area contributed by atoms with Crippen molar-refractivity contribution in [3.8, 4) is 11.5 Å². The SMILES string of the molecule is COc1ccc(C(=O)[C@@H](C)OC(=O)c2cc(C)nc3ccccc23)c(OC)c1. The number of benzene rings is 2. The molecular weight excluding hydrogens is 358 g/mol. The number of ether oxygens (including phenoxy) is 3. The topological polar surface area (TPSA) is 74.7 Å². The Morgan fingerprint density at radius 2 is 1.71 bits per heavy atom. The Hall–Kier alpha value is -3.41. The molecule has 0 aliphatic heterocycles. The molecular formula is C22H21NO5. The molecule has 144 valence electrons. The van der Waals surface area contributed by atoms with Gasteiger partial charge in [-0.1, -0.05) is 18.2 Å². The monoisotopic (exact) mass is 379 g/mol. The molecule has 0 saturated carbocycles. The molecule has 0 aliphatic rings. The third kappa shape index (κ3) is 3.81. The predicted molar refractivity (Wildman–Crippen MR) is 105 cm³/mol. The molecule has 0 bridgehead atoms. The van der Waals surface area contributed by atoms with Gasteiger partial charge in [0.2, 0.25) is 5.78 Å². The summed E-state index contributed by atoms with van der Waals surface area (Å²) < 4.78 is 15.9. The number of hydrogen-bond donors (Lipinski definition) is 0. The zero-order valence-corrected chi connectivity index (χ0v) is 16.2. The molecule has 1 heterocycles. The van der Waals surface area contributed by atoms with Crippen molar-refractivity contribution in [2.24, 2.45) is 0 Å². The Morgan fingerprint density at radius 1 is 0.964 bits per heavy atom. The fraction of sp³-hybridized carbons (Fsp3) is 0.227. The first-order valence-electron chi connectivity index (χ1n) is 8.78. The lowest BCUT2D eigenvalue weighted by Crippen LogP contribution is -2.25. The van der Waals surface area contributed by atoms with Gasteiger partial charge >= 0.3 is 5.97 Å². The van der Waals surface area contributed by atoms with Crippen LogP contribution in [0, 0.1) is 6.92 Å². The summed E-state index contributed by atoms with van der Waals surface area (Å²) in [5, 5.41) is 0.680. The number of esters is 1. The molecule has 0 fully saturated rings. The normalized spacial score (nSPS) is 11.7. The lowest BCUT2D eigenvalue weighted by Gasteiger charge is -2.16. The van der Waals surface area contributed by atoms with E-state index in [0.717, 1.165) is 0 Å². The van der Waals surface area contributed by atoms with E-state index in [4.69, 9.17) is 14.2 Å². The molecule has 3 aromatic rings. The molecule has 1 atom stereocenters. The number of rotatable bonds is 6. The van der Waals surface area contributed by atoms with Crippen LogP contribution in [0.5, 0.6) is 11.5 Å². The number of methoxy groups -OCH3 is 2. The van der Waals surface area contributed by atoms with Crippen molar-refractivity contribution in [1.82, 2.24) is 4.98 Å². The summed E-state index contributed by atoms with van der Waals surface area (Å²) in [5.74, 6) is -0.00722. The first-order chi connectivity index (χ1) is 13.4. The van der Waals surface area contributed by atoms with Crippen LogP contribution < -0.4 is 9.47 Å². The summed E-state index contributed by atoms with van der Waals surface area (Å²) in [6, 6.07) is 13.8. The predicted octanol–water partition coefficient (Wildman–Crippen LogP) is 3.99. The molecule has 3 rings (SSSR count). The molecule has 0 amide bonds. The molecule has 6 heteroatoms. The van der Waals surface area contributed by atoms with Gasteiger partial charge in [0.25, 0.3) is 0 Å². The first-order valence-corrected chi connectivity index (χ1v) is 8.78. The molecule has 1 aromatic heterocycles. The van der Waals surface area contributed by atoms with Crippen LogP contribution in [0.3, 0.4) is 0 Å². The first kappa shape index (κ1) is 19.4. The van der Waals surface area contributed by atoms with E-state index in [9.17, 15) is 9.59 Å². The van der Waals surface area contributed by atoms with E-state index in [1.165, 1.54) is 14.2 Å². The largest absolute Gasteiger partial charge is 0.497 e. The number of hydrogen-bond acceptors (Lipinski definition) is 6. The van der Waals surface area contributed by atoms with Crippen molar-refractivity contribution < 1.29 is 23.8 Å². The van der Waals surface area contributed by atoms with E-state index < -0.39 is 12.1 Å². The maximum Gasteiger partial charge on any atom is 0.339 e. The second-order valence-corrected chi connectivity index (χ2v) is 6.31.